The molecule has 5 heteroatoms. The second-order valence-electron chi connectivity index (χ2n) is 4.38. The van der Waals surface area contributed by atoms with Crippen LogP contribution in [0.4, 0.5) is 0 Å². The van der Waals surface area contributed by atoms with E-state index in [0.29, 0.717) is 19.6 Å². The Morgan fingerprint density at radius 1 is 1.22 bits per heavy atom. The number of rotatable bonds is 10. The maximum Gasteiger partial charge on any atom is 0.224 e. The highest BCUT2D eigenvalue weighted by Crippen LogP contribution is 2.12. The highest BCUT2D eigenvalue weighted by molar-refractivity contribution is 5.90. The van der Waals surface area contributed by atoms with Crippen LogP contribution in [0.25, 0.3) is 0 Å². The van der Waals surface area contributed by atoms with Crippen molar-refractivity contribution in [2.75, 3.05) is 20.3 Å². The van der Waals surface area contributed by atoms with Crippen LogP contribution in [0.1, 0.15) is 39.5 Å². The molecule has 0 saturated heterocycles. The van der Waals surface area contributed by atoms with Gasteiger partial charge in [-0.05, 0) is 13.3 Å². The summed E-state index contributed by atoms with van der Waals surface area (Å²) in [4.78, 5) is 34.5. The second-order valence-corrected chi connectivity index (χ2v) is 4.38. The summed E-state index contributed by atoms with van der Waals surface area (Å²) in [7, 11) is 1.55. The van der Waals surface area contributed by atoms with Crippen LogP contribution < -0.4 is 5.32 Å². The van der Waals surface area contributed by atoms with Crippen LogP contribution in [0.3, 0.4) is 0 Å². The molecule has 1 N–H and O–H groups in total. The molecule has 0 radical (unpaired) electrons. The summed E-state index contributed by atoms with van der Waals surface area (Å²) in [6.45, 7) is 4.16. The Morgan fingerprint density at radius 3 is 2.39 bits per heavy atom. The maximum atomic E-state index is 11.8. The highest BCUT2D eigenvalue weighted by atomic mass is 16.5. The average Bonchev–Trinajstić information content (AvgIpc) is 2.28. The minimum Gasteiger partial charge on any atom is -0.383 e. The number of methoxy groups -OCH3 is 1. The molecule has 0 rings (SSSR count). The van der Waals surface area contributed by atoms with Crippen molar-refractivity contribution in [3.63, 3.8) is 0 Å². The minimum atomic E-state index is -0.543. The number of nitrogens with one attached hydrogen (secondary N) is 1. The van der Waals surface area contributed by atoms with Gasteiger partial charge in [0, 0.05) is 32.9 Å². The van der Waals surface area contributed by atoms with Gasteiger partial charge in [-0.1, -0.05) is 6.92 Å². The quantitative estimate of drug-likeness (QED) is 0.595. The Balaban J connectivity index is 4.32. The molecular weight excluding hydrogens is 234 g/mol. The number of amides is 1. The van der Waals surface area contributed by atoms with E-state index in [0.717, 1.165) is 6.42 Å². The first-order valence-electron chi connectivity index (χ1n) is 6.29. The molecule has 0 aromatic heterocycles. The zero-order chi connectivity index (χ0) is 14.0. The van der Waals surface area contributed by atoms with Crippen molar-refractivity contribution in [1.29, 1.82) is 0 Å². The van der Waals surface area contributed by atoms with Crippen molar-refractivity contribution in [2.24, 2.45) is 5.92 Å². The van der Waals surface area contributed by atoms with Crippen LogP contribution >= 0.6 is 0 Å². The van der Waals surface area contributed by atoms with Gasteiger partial charge in [-0.3, -0.25) is 9.59 Å². The van der Waals surface area contributed by atoms with Gasteiger partial charge in [0.05, 0.1) is 12.5 Å². The second kappa shape index (κ2) is 9.76. The van der Waals surface area contributed by atoms with Crippen molar-refractivity contribution in [3.8, 4) is 0 Å². The van der Waals surface area contributed by atoms with Crippen LogP contribution in [0, 0.1) is 5.92 Å². The summed E-state index contributed by atoms with van der Waals surface area (Å²) in [5.74, 6) is -0.832. The molecule has 5 nitrogen and oxygen atoms in total. The first kappa shape index (κ1) is 16.8. The summed E-state index contributed by atoms with van der Waals surface area (Å²) >= 11 is 0. The predicted molar refractivity (Wildman–Crippen MR) is 68.2 cm³/mol. The molecule has 1 unspecified atom stereocenters. The molecule has 0 aromatic carbocycles. The molecule has 0 aromatic rings. The summed E-state index contributed by atoms with van der Waals surface area (Å²) in [6.07, 6.45) is 1.48. The van der Waals surface area contributed by atoms with Gasteiger partial charge in [-0.15, -0.1) is 0 Å². The van der Waals surface area contributed by atoms with E-state index in [2.05, 4.69) is 5.32 Å². The lowest BCUT2D eigenvalue weighted by atomic mass is 9.94. The Bertz CT molecular complexity index is 289. The number of hydrogen-bond acceptors (Lipinski definition) is 4. The first-order chi connectivity index (χ1) is 8.51. The lowest BCUT2D eigenvalue weighted by Crippen LogP contribution is -2.35. The van der Waals surface area contributed by atoms with Crippen LogP contribution in [0.2, 0.25) is 0 Å². The van der Waals surface area contributed by atoms with Crippen LogP contribution in [0.5, 0.6) is 0 Å². The third-order valence-corrected chi connectivity index (χ3v) is 2.51. The Kier molecular flexibility index (Phi) is 9.10. The fraction of sp³-hybridized carbons (Fsp3) is 0.769. The minimum absolute atomic E-state index is 0.0330. The topological polar surface area (TPSA) is 72.5 Å². The summed E-state index contributed by atoms with van der Waals surface area (Å²) in [5.41, 5.74) is 0. The summed E-state index contributed by atoms with van der Waals surface area (Å²) in [6, 6.07) is 0. The van der Waals surface area contributed by atoms with E-state index >= 15 is 0 Å². The fourth-order valence-corrected chi connectivity index (χ4v) is 1.68. The monoisotopic (exact) mass is 257 g/mol. The van der Waals surface area contributed by atoms with Crippen molar-refractivity contribution in [3.05, 3.63) is 0 Å². The van der Waals surface area contributed by atoms with E-state index in [9.17, 15) is 14.4 Å². The molecule has 0 heterocycles. The van der Waals surface area contributed by atoms with Crippen molar-refractivity contribution in [1.82, 2.24) is 5.32 Å². The van der Waals surface area contributed by atoms with Gasteiger partial charge < -0.3 is 14.8 Å². The standard InChI is InChI=1S/C13H23NO4/c1-4-5-12(16)9-11(8-10(2)15)13(17)14-6-7-18-3/h11H,4-9H2,1-3H3,(H,14,17). The SMILES string of the molecule is CCCC(=O)CC(CC(C)=O)C(=O)NCCOC. The molecule has 0 bridgehead atoms. The molecule has 0 spiro atoms. The van der Waals surface area contributed by atoms with E-state index in [-0.39, 0.29) is 30.3 Å². The van der Waals surface area contributed by atoms with Gasteiger partial charge in [0.2, 0.25) is 5.91 Å². The van der Waals surface area contributed by atoms with Gasteiger partial charge in [-0.25, -0.2) is 0 Å². The molecule has 1 amide bonds. The van der Waals surface area contributed by atoms with Crippen LogP contribution in [0.15, 0.2) is 0 Å². The molecule has 0 fully saturated rings. The van der Waals surface area contributed by atoms with E-state index in [1.807, 2.05) is 6.92 Å². The van der Waals surface area contributed by atoms with Gasteiger partial charge in [0.1, 0.15) is 11.6 Å². The number of carbonyl (C=O) groups excluding carboxylic acids is 3. The first-order valence-corrected chi connectivity index (χ1v) is 6.29. The maximum absolute atomic E-state index is 11.8. The predicted octanol–water partition coefficient (Wildman–Crippen LogP) is 1.10. The van der Waals surface area contributed by atoms with Crippen LogP contribution in [-0.2, 0) is 19.1 Å². The number of ketones is 2. The van der Waals surface area contributed by atoms with Crippen molar-refractivity contribution in [2.45, 2.75) is 39.5 Å². The third-order valence-electron chi connectivity index (χ3n) is 2.51. The number of hydrogen-bond donors (Lipinski definition) is 1. The zero-order valence-corrected chi connectivity index (χ0v) is 11.5. The van der Waals surface area contributed by atoms with Gasteiger partial charge in [-0.2, -0.15) is 0 Å². The molecule has 104 valence electrons. The molecule has 0 aliphatic heterocycles. The Morgan fingerprint density at radius 2 is 1.89 bits per heavy atom. The normalized spacial score (nSPS) is 11.9. The molecule has 0 saturated carbocycles. The third kappa shape index (κ3) is 7.95. The molecule has 18 heavy (non-hydrogen) atoms. The van der Waals surface area contributed by atoms with Crippen LogP contribution in [-0.4, -0.2) is 37.7 Å². The number of ether oxygens (including phenoxy) is 1. The fourth-order valence-electron chi connectivity index (χ4n) is 1.68. The lowest BCUT2D eigenvalue weighted by molar-refractivity contribution is -0.132. The molecule has 0 aliphatic rings. The van der Waals surface area contributed by atoms with E-state index < -0.39 is 5.92 Å². The Hall–Kier alpha value is -1.23. The molecule has 1 atom stereocenters. The van der Waals surface area contributed by atoms with E-state index in [4.69, 9.17) is 4.74 Å². The van der Waals surface area contributed by atoms with Gasteiger partial charge in [0.15, 0.2) is 0 Å². The smallest absolute Gasteiger partial charge is 0.224 e. The molecule has 0 aliphatic carbocycles. The van der Waals surface area contributed by atoms with Gasteiger partial charge in [0.25, 0.3) is 0 Å². The summed E-state index contributed by atoms with van der Waals surface area (Å²) in [5, 5.41) is 2.67. The summed E-state index contributed by atoms with van der Waals surface area (Å²) < 4.78 is 4.82. The van der Waals surface area contributed by atoms with E-state index in [1.54, 1.807) is 7.11 Å². The average molecular weight is 257 g/mol. The zero-order valence-electron chi connectivity index (χ0n) is 11.5. The number of carbonyl (C=O) groups is 3. The van der Waals surface area contributed by atoms with Crippen molar-refractivity contribution >= 4 is 17.5 Å². The number of Topliss-reactive ketones (excluding diaryl/α,β-unsaturated/α-hetero) is 2. The lowest BCUT2D eigenvalue weighted by Gasteiger charge is -2.14. The van der Waals surface area contributed by atoms with Gasteiger partial charge >= 0.3 is 0 Å². The highest BCUT2D eigenvalue weighted by Gasteiger charge is 2.22. The van der Waals surface area contributed by atoms with Crippen molar-refractivity contribution < 1.29 is 19.1 Å². The Labute approximate surface area is 108 Å². The largest absolute Gasteiger partial charge is 0.383 e. The van der Waals surface area contributed by atoms with E-state index in [1.165, 1.54) is 6.92 Å². The molecular formula is C13H23NO4.